The fourth-order valence-electron chi connectivity index (χ4n) is 1.44. The van der Waals surface area contributed by atoms with Gasteiger partial charge < -0.3 is 5.11 Å². The van der Waals surface area contributed by atoms with Gasteiger partial charge >= 0.3 is 5.97 Å². The highest BCUT2D eigenvalue weighted by Gasteiger charge is 2.14. The molecule has 1 aromatic heterocycles. The van der Waals surface area contributed by atoms with Gasteiger partial charge in [-0.3, -0.25) is 0 Å². The molecule has 0 saturated heterocycles. The third kappa shape index (κ3) is 2.39. The standard InChI is InChI=1S/C12H11N3O2/c1-15-10(11(12(16)17)13-14-15)8-7-9-5-3-2-4-6-9/h2-8H,1H3,(H,16,17)/b8-7+. The molecule has 0 atom stereocenters. The summed E-state index contributed by atoms with van der Waals surface area (Å²) < 4.78 is 1.43. The molecule has 0 saturated carbocycles. The van der Waals surface area contributed by atoms with E-state index in [4.69, 9.17) is 5.11 Å². The van der Waals surface area contributed by atoms with Crippen LogP contribution < -0.4 is 0 Å². The lowest BCUT2D eigenvalue weighted by Gasteiger charge is -1.95. The van der Waals surface area contributed by atoms with E-state index in [1.165, 1.54) is 4.68 Å². The number of aryl methyl sites for hydroxylation is 1. The molecule has 0 bridgehead atoms. The van der Waals surface area contributed by atoms with Gasteiger partial charge in [0.25, 0.3) is 0 Å². The van der Waals surface area contributed by atoms with Crippen LogP contribution in [0.1, 0.15) is 21.7 Å². The molecule has 0 radical (unpaired) electrons. The summed E-state index contributed by atoms with van der Waals surface area (Å²) in [6, 6.07) is 9.62. The maximum Gasteiger partial charge on any atom is 0.358 e. The Bertz CT molecular complexity index is 558. The molecule has 0 aliphatic heterocycles. The van der Waals surface area contributed by atoms with Crippen LogP contribution in [0.15, 0.2) is 30.3 Å². The van der Waals surface area contributed by atoms with E-state index in [2.05, 4.69) is 10.3 Å². The maximum atomic E-state index is 10.9. The fraction of sp³-hybridized carbons (Fsp3) is 0.0833. The number of benzene rings is 1. The van der Waals surface area contributed by atoms with E-state index in [9.17, 15) is 4.79 Å². The van der Waals surface area contributed by atoms with Gasteiger partial charge in [-0.15, -0.1) is 5.10 Å². The van der Waals surface area contributed by atoms with Crippen molar-refractivity contribution in [1.82, 2.24) is 15.0 Å². The number of hydrogen-bond acceptors (Lipinski definition) is 3. The average Bonchev–Trinajstić information content (AvgIpc) is 2.69. The highest BCUT2D eigenvalue weighted by atomic mass is 16.4. The first-order valence-corrected chi connectivity index (χ1v) is 5.04. The lowest BCUT2D eigenvalue weighted by atomic mass is 10.2. The van der Waals surface area contributed by atoms with Gasteiger partial charge in [0.2, 0.25) is 0 Å². The van der Waals surface area contributed by atoms with Crippen LogP contribution in [0.25, 0.3) is 12.2 Å². The molecule has 0 spiro atoms. The van der Waals surface area contributed by atoms with E-state index in [1.54, 1.807) is 13.1 Å². The van der Waals surface area contributed by atoms with Crippen molar-refractivity contribution in [1.29, 1.82) is 0 Å². The van der Waals surface area contributed by atoms with Crippen molar-refractivity contribution in [2.75, 3.05) is 0 Å². The molecule has 5 nitrogen and oxygen atoms in total. The topological polar surface area (TPSA) is 68.0 Å². The minimum absolute atomic E-state index is 0.0420. The van der Waals surface area contributed by atoms with Crippen LogP contribution in [-0.2, 0) is 7.05 Å². The lowest BCUT2D eigenvalue weighted by Crippen LogP contribution is -2.00. The van der Waals surface area contributed by atoms with E-state index < -0.39 is 5.97 Å². The van der Waals surface area contributed by atoms with E-state index in [-0.39, 0.29) is 5.69 Å². The summed E-state index contributed by atoms with van der Waals surface area (Å²) in [6.07, 6.45) is 3.52. The molecule has 0 amide bonds. The van der Waals surface area contributed by atoms with Gasteiger partial charge in [0.05, 0.1) is 5.69 Å². The Morgan fingerprint density at radius 1 is 1.29 bits per heavy atom. The molecule has 0 aliphatic rings. The molecule has 86 valence electrons. The molecular formula is C12H11N3O2. The second-order valence-electron chi connectivity index (χ2n) is 3.50. The summed E-state index contributed by atoms with van der Waals surface area (Å²) in [4.78, 5) is 10.9. The molecule has 1 aromatic carbocycles. The van der Waals surface area contributed by atoms with E-state index >= 15 is 0 Å². The first-order chi connectivity index (χ1) is 8.18. The Balaban J connectivity index is 2.33. The van der Waals surface area contributed by atoms with E-state index in [0.29, 0.717) is 5.69 Å². The van der Waals surface area contributed by atoms with Gasteiger partial charge in [0, 0.05) is 7.05 Å². The van der Waals surface area contributed by atoms with Crippen molar-refractivity contribution in [3.63, 3.8) is 0 Å². The third-order valence-electron chi connectivity index (χ3n) is 2.31. The Morgan fingerprint density at radius 3 is 2.65 bits per heavy atom. The Morgan fingerprint density at radius 2 is 2.00 bits per heavy atom. The van der Waals surface area contributed by atoms with Gasteiger partial charge in [0.1, 0.15) is 0 Å². The van der Waals surface area contributed by atoms with Crippen LogP contribution in [0.2, 0.25) is 0 Å². The predicted octanol–water partition coefficient (Wildman–Crippen LogP) is 1.68. The smallest absolute Gasteiger partial charge is 0.358 e. The Labute approximate surface area is 98.0 Å². The van der Waals surface area contributed by atoms with Crippen molar-refractivity contribution in [2.24, 2.45) is 7.05 Å². The van der Waals surface area contributed by atoms with Crippen LogP contribution in [0.5, 0.6) is 0 Å². The van der Waals surface area contributed by atoms with Gasteiger partial charge in [-0.2, -0.15) is 0 Å². The summed E-state index contributed by atoms with van der Waals surface area (Å²) in [5.74, 6) is -1.08. The molecule has 0 aliphatic carbocycles. The Hall–Kier alpha value is -2.43. The second kappa shape index (κ2) is 4.61. The van der Waals surface area contributed by atoms with Crippen LogP contribution in [0, 0.1) is 0 Å². The van der Waals surface area contributed by atoms with Crippen LogP contribution in [0.3, 0.4) is 0 Å². The molecule has 5 heteroatoms. The summed E-state index contributed by atoms with van der Waals surface area (Å²) in [5.41, 5.74) is 1.42. The van der Waals surface area contributed by atoms with Crippen molar-refractivity contribution in [2.45, 2.75) is 0 Å². The normalized spacial score (nSPS) is 10.9. The first-order valence-electron chi connectivity index (χ1n) is 5.04. The van der Waals surface area contributed by atoms with Gasteiger partial charge in [-0.25, -0.2) is 9.48 Å². The second-order valence-corrected chi connectivity index (χ2v) is 3.50. The lowest BCUT2D eigenvalue weighted by molar-refractivity contribution is 0.0690. The average molecular weight is 229 g/mol. The van der Waals surface area contributed by atoms with Crippen LogP contribution in [-0.4, -0.2) is 26.1 Å². The fourth-order valence-corrected chi connectivity index (χ4v) is 1.44. The van der Waals surface area contributed by atoms with E-state index in [0.717, 1.165) is 5.56 Å². The summed E-state index contributed by atoms with van der Waals surface area (Å²) in [6.45, 7) is 0. The number of carbonyl (C=O) groups is 1. The SMILES string of the molecule is Cn1nnc(C(=O)O)c1/C=C/c1ccccc1. The van der Waals surface area contributed by atoms with Crippen molar-refractivity contribution < 1.29 is 9.90 Å². The monoisotopic (exact) mass is 229 g/mol. The molecule has 2 aromatic rings. The number of carboxylic acids is 1. The van der Waals surface area contributed by atoms with Gasteiger partial charge in [-0.05, 0) is 11.6 Å². The number of hydrogen-bond donors (Lipinski definition) is 1. The van der Waals surface area contributed by atoms with Crippen LogP contribution >= 0.6 is 0 Å². The van der Waals surface area contributed by atoms with Crippen molar-refractivity contribution in [3.8, 4) is 0 Å². The molecule has 17 heavy (non-hydrogen) atoms. The number of aromatic carboxylic acids is 1. The highest BCUT2D eigenvalue weighted by Crippen LogP contribution is 2.10. The largest absolute Gasteiger partial charge is 0.476 e. The summed E-state index contributed by atoms with van der Waals surface area (Å²) in [5, 5.41) is 16.2. The molecule has 1 N–H and O–H groups in total. The number of aromatic nitrogens is 3. The number of rotatable bonds is 3. The zero-order valence-electron chi connectivity index (χ0n) is 9.24. The maximum absolute atomic E-state index is 10.9. The molecule has 0 unspecified atom stereocenters. The minimum Gasteiger partial charge on any atom is -0.476 e. The van der Waals surface area contributed by atoms with Gasteiger partial charge in [0.15, 0.2) is 5.69 Å². The Kier molecular flexibility index (Phi) is 3.00. The van der Waals surface area contributed by atoms with Crippen molar-refractivity contribution in [3.05, 3.63) is 47.3 Å². The summed E-state index contributed by atoms with van der Waals surface area (Å²) in [7, 11) is 1.66. The third-order valence-corrected chi connectivity index (χ3v) is 2.31. The number of nitrogens with zero attached hydrogens (tertiary/aromatic N) is 3. The minimum atomic E-state index is -1.08. The summed E-state index contributed by atoms with van der Waals surface area (Å²) >= 11 is 0. The molecule has 0 fully saturated rings. The zero-order valence-corrected chi connectivity index (χ0v) is 9.24. The number of carboxylic acid groups (broad SMARTS) is 1. The molecule has 1 heterocycles. The van der Waals surface area contributed by atoms with Crippen molar-refractivity contribution >= 4 is 18.1 Å². The first kappa shape index (κ1) is 11.1. The highest BCUT2D eigenvalue weighted by molar-refractivity contribution is 5.90. The predicted molar refractivity (Wildman–Crippen MR) is 63.3 cm³/mol. The molecule has 2 rings (SSSR count). The quantitative estimate of drug-likeness (QED) is 0.869. The van der Waals surface area contributed by atoms with E-state index in [1.807, 2.05) is 36.4 Å². The van der Waals surface area contributed by atoms with Crippen LogP contribution in [0.4, 0.5) is 0 Å². The van der Waals surface area contributed by atoms with Gasteiger partial charge in [-0.1, -0.05) is 41.6 Å². The molecular weight excluding hydrogens is 218 g/mol. The zero-order chi connectivity index (χ0) is 12.3.